The molecule has 2 rings (SSSR count). The first-order chi connectivity index (χ1) is 9.13. The Morgan fingerprint density at radius 1 is 1.47 bits per heavy atom. The molecular weight excluding hydrogens is 264 g/mol. The Morgan fingerprint density at radius 2 is 2.21 bits per heavy atom. The van der Waals surface area contributed by atoms with Crippen molar-refractivity contribution in [2.45, 2.75) is 13.8 Å². The van der Waals surface area contributed by atoms with Crippen molar-refractivity contribution in [2.75, 3.05) is 25.0 Å². The molecule has 19 heavy (non-hydrogen) atoms. The fourth-order valence-electron chi connectivity index (χ4n) is 1.65. The van der Waals surface area contributed by atoms with E-state index in [1.54, 1.807) is 25.3 Å². The first-order valence-electron chi connectivity index (χ1n) is 6.08. The lowest BCUT2D eigenvalue weighted by Gasteiger charge is -2.21. The zero-order valence-corrected chi connectivity index (χ0v) is 11.7. The van der Waals surface area contributed by atoms with Crippen molar-refractivity contribution in [3.63, 3.8) is 0 Å². The molecule has 1 aromatic rings. The molecule has 0 aliphatic carbocycles. The molecule has 102 valence electrons. The number of thiophene rings is 1. The zero-order chi connectivity index (χ0) is 13.8. The third kappa shape index (κ3) is 3.02. The van der Waals surface area contributed by atoms with E-state index in [1.165, 1.54) is 11.3 Å². The van der Waals surface area contributed by atoms with Crippen LogP contribution in [0.25, 0.3) is 0 Å². The molecule has 0 bridgehead atoms. The number of anilines is 1. The molecule has 0 radical (unpaired) electrons. The van der Waals surface area contributed by atoms with Gasteiger partial charge in [0.15, 0.2) is 0 Å². The Balaban J connectivity index is 2.09. The normalized spacial score (nSPS) is 13.7. The van der Waals surface area contributed by atoms with E-state index in [0.29, 0.717) is 22.7 Å². The minimum Gasteiger partial charge on any atom is -0.462 e. The molecule has 2 N–H and O–H groups in total. The van der Waals surface area contributed by atoms with Crippen LogP contribution in [0.15, 0.2) is 22.6 Å². The van der Waals surface area contributed by atoms with Gasteiger partial charge in [-0.1, -0.05) is 0 Å². The smallest absolute Gasteiger partial charge is 0.341 e. The highest BCUT2D eigenvalue weighted by Gasteiger charge is 2.19. The van der Waals surface area contributed by atoms with Gasteiger partial charge in [-0.15, -0.1) is 11.3 Å². The molecular formula is C13H16N2O3S. The van der Waals surface area contributed by atoms with Crippen molar-refractivity contribution in [1.82, 2.24) is 5.32 Å². The van der Waals surface area contributed by atoms with Crippen molar-refractivity contribution >= 4 is 28.2 Å². The van der Waals surface area contributed by atoms with E-state index in [1.807, 2.05) is 0 Å². The number of hydrogen-bond donors (Lipinski definition) is 2. The summed E-state index contributed by atoms with van der Waals surface area (Å²) in [5.74, 6) is -0.570. The highest BCUT2D eigenvalue weighted by Crippen LogP contribution is 2.25. The van der Waals surface area contributed by atoms with Gasteiger partial charge in [0.25, 0.3) is 5.91 Å². The molecule has 1 amide bonds. The van der Waals surface area contributed by atoms with Gasteiger partial charge >= 0.3 is 5.97 Å². The SMILES string of the molecule is CCOC(=O)c1ccsc1NC(=O)C(C)=C1CNC1. The molecule has 5 nitrogen and oxygen atoms in total. The predicted molar refractivity (Wildman–Crippen MR) is 74.5 cm³/mol. The molecule has 2 heterocycles. The van der Waals surface area contributed by atoms with Crippen molar-refractivity contribution in [3.05, 3.63) is 28.2 Å². The van der Waals surface area contributed by atoms with Crippen LogP contribution < -0.4 is 10.6 Å². The van der Waals surface area contributed by atoms with Gasteiger partial charge in [0.2, 0.25) is 0 Å². The average molecular weight is 280 g/mol. The Morgan fingerprint density at radius 3 is 2.79 bits per heavy atom. The predicted octanol–water partition coefficient (Wildman–Crippen LogP) is 1.78. The molecule has 1 fully saturated rings. The molecule has 0 atom stereocenters. The molecule has 0 unspecified atom stereocenters. The quantitative estimate of drug-likeness (QED) is 0.651. The summed E-state index contributed by atoms with van der Waals surface area (Å²) in [7, 11) is 0. The van der Waals surface area contributed by atoms with Gasteiger partial charge in [-0.2, -0.15) is 0 Å². The number of esters is 1. The first kappa shape index (κ1) is 13.8. The third-order valence-electron chi connectivity index (χ3n) is 2.94. The molecule has 6 heteroatoms. The fourth-order valence-corrected chi connectivity index (χ4v) is 2.42. The number of carbonyl (C=O) groups is 2. The van der Waals surface area contributed by atoms with Crippen LogP contribution in [0.1, 0.15) is 24.2 Å². The minimum absolute atomic E-state index is 0.163. The molecule has 0 spiro atoms. The van der Waals surface area contributed by atoms with Crippen molar-refractivity contribution in [3.8, 4) is 0 Å². The Kier molecular flexibility index (Phi) is 4.34. The zero-order valence-electron chi connectivity index (χ0n) is 10.9. The second-order valence-electron chi connectivity index (χ2n) is 4.17. The lowest BCUT2D eigenvalue weighted by atomic mass is 10.0. The molecule has 0 saturated carbocycles. The summed E-state index contributed by atoms with van der Waals surface area (Å²) in [6.07, 6.45) is 0. The van der Waals surface area contributed by atoms with E-state index in [2.05, 4.69) is 10.6 Å². The minimum atomic E-state index is -0.408. The van der Waals surface area contributed by atoms with E-state index < -0.39 is 5.97 Å². The second-order valence-corrected chi connectivity index (χ2v) is 5.09. The van der Waals surface area contributed by atoms with Gasteiger partial charge in [-0.05, 0) is 30.9 Å². The maximum Gasteiger partial charge on any atom is 0.341 e. The number of ether oxygens (including phenoxy) is 1. The van der Waals surface area contributed by atoms with Crippen LogP contribution in [0.2, 0.25) is 0 Å². The van der Waals surface area contributed by atoms with Gasteiger partial charge in [0.1, 0.15) is 5.00 Å². The Bertz CT molecular complexity index is 528. The van der Waals surface area contributed by atoms with Gasteiger partial charge in [0, 0.05) is 18.7 Å². The van der Waals surface area contributed by atoms with Crippen LogP contribution in [0, 0.1) is 0 Å². The highest BCUT2D eigenvalue weighted by atomic mass is 32.1. The van der Waals surface area contributed by atoms with Gasteiger partial charge in [0.05, 0.1) is 12.2 Å². The van der Waals surface area contributed by atoms with Crippen LogP contribution in [0.5, 0.6) is 0 Å². The Hall–Kier alpha value is -1.66. The summed E-state index contributed by atoms with van der Waals surface area (Å²) in [6, 6.07) is 1.66. The van der Waals surface area contributed by atoms with E-state index in [9.17, 15) is 9.59 Å². The maximum absolute atomic E-state index is 12.0. The van der Waals surface area contributed by atoms with Crippen LogP contribution in [-0.2, 0) is 9.53 Å². The second kappa shape index (κ2) is 5.99. The lowest BCUT2D eigenvalue weighted by Crippen LogP contribution is -2.36. The number of nitrogens with one attached hydrogen (secondary N) is 2. The van der Waals surface area contributed by atoms with Gasteiger partial charge in [-0.25, -0.2) is 4.79 Å². The van der Waals surface area contributed by atoms with E-state index in [0.717, 1.165) is 18.7 Å². The summed E-state index contributed by atoms with van der Waals surface area (Å²) in [6.45, 7) is 5.38. The third-order valence-corrected chi connectivity index (χ3v) is 3.77. The van der Waals surface area contributed by atoms with Crippen LogP contribution in [0.3, 0.4) is 0 Å². The highest BCUT2D eigenvalue weighted by molar-refractivity contribution is 7.14. The van der Waals surface area contributed by atoms with E-state index in [4.69, 9.17) is 4.74 Å². The van der Waals surface area contributed by atoms with E-state index in [-0.39, 0.29) is 5.91 Å². The maximum atomic E-state index is 12.0. The topological polar surface area (TPSA) is 67.4 Å². The van der Waals surface area contributed by atoms with Gasteiger partial charge in [-0.3, -0.25) is 4.79 Å². The number of amides is 1. The molecule has 1 saturated heterocycles. The largest absolute Gasteiger partial charge is 0.462 e. The summed E-state index contributed by atoms with van der Waals surface area (Å²) >= 11 is 1.32. The number of hydrogen-bond acceptors (Lipinski definition) is 5. The van der Waals surface area contributed by atoms with Crippen LogP contribution in [0.4, 0.5) is 5.00 Å². The van der Waals surface area contributed by atoms with Crippen molar-refractivity contribution in [1.29, 1.82) is 0 Å². The number of carbonyl (C=O) groups excluding carboxylic acids is 2. The van der Waals surface area contributed by atoms with Gasteiger partial charge < -0.3 is 15.4 Å². The molecule has 1 aliphatic heterocycles. The molecule has 0 aromatic carbocycles. The van der Waals surface area contributed by atoms with E-state index >= 15 is 0 Å². The van der Waals surface area contributed by atoms with Crippen molar-refractivity contribution in [2.24, 2.45) is 0 Å². The Labute approximate surface area is 115 Å². The molecule has 1 aliphatic rings. The van der Waals surface area contributed by atoms with Crippen LogP contribution in [-0.4, -0.2) is 31.6 Å². The number of rotatable bonds is 4. The average Bonchev–Trinajstić information content (AvgIpc) is 2.75. The summed E-state index contributed by atoms with van der Waals surface area (Å²) in [4.78, 5) is 23.7. The summed E-state index contributed by atoms with van der Waals surface area (Å²) < 4.78 is 4.94. The summed E-state index contributed by atoms with van der Waals surface area (Å²) in [5.41, 5.74) is 2.22. The monoisotopic (exact) mass is 280 g/mol. The lowest BCUT2D eigenvalue weighted by molar-refractivity contribution is -0.112. The van der Waals surface area contributed by atoms with Crippen LogP contribution >= 0.6 is 11.3 Å². The molecule has 1 aromatic heterocycles. The summed E-state index contributed by atoms with van der Waals surface area (Å²) in [5, 5.41) is 8.16. The standard InChI is InChI=1S/C13H16N2O3S/c1-3-18-13(17)10-4-5-19-12(10)15-11(16)8(2)9-6-14-7-9/h4-5,14H,3,6-7H2,1-2H3,(H,15,16). The fraction of sp³-hybridized carbons (Fsp3) is 0.385. The first-order valence-corrected chi connectivity index (χ1v) is 6.96. The van der Waals surface area contributed by atoms with Crippen molar-refractivity contribution < 1.29 is 14.3 Å².